The molecule has 0 amide bonds. The maximum atomic E-state index is 10.8. The quantitative estimate of drug-likeness (QED) is 0.220. The number of hydrogen-bond donors (Lipinski definition) is 3. The number of aliphatic hydroxyl groups excluding tert-OH is 2. The van der Waals surface area contributed by atoms with Gasteiger partial charge in [0.05, 0.1) is 19.3 Å². The van der Waals surface area contributed by atoms with Crippen LogP contribution >= 0.6 is 0 Å². The molecule has 0 bridgehead atoms. The van der Waals surface area contributed by atoms with Crippen LogP contribution in [0.3, 0.4) is 0 Å². The highest BCUT2D eigenvalue weighted by Gasteiger charge is 2.11. The van der Waals surface area contributed by atoms with Crippen LogP contribution in [0.1, 0.15) is 19.3 Å². The second kappa shape index (κ2) is 13.7. The van der Waals surface area contributed by atoms with Crippen LogP contribution in [0, 0.1) is 0 Å². The molecular formula is C16H26O8. The largest absolute Gasteiger partial charge is 0.478 e. The summed E-state index contributed by atoms with van der Waals surface area (Å²) in [4.78, 5) is 21.3. The number of aliphatic hydroxyl groups is 2. The third kappa shape index (κ3) is 12.8. The molecule has 0 rings (SSSR count). The monoisotopic (exact) mass is 346 g/mol. The number of carboxylic acid groups (broad SMARTS) is 1. The van der Waals surface area contributed by atoms with Crippen molar-refractivity contribution in [1.82, 2.24) is 0 Å². The van der Waals surface area contributed by atoms with Gasteiger partial charge in [-0.25, -0.2) is 9.59 Å². The molecule has 3 N–H and O–H groups in total. The van der Waals surface area contributed by atoms with E-state index in [4.69, 9.17) is 14.6 Å². The normalized spacial score (nSPS) is 13.1. The van der Waals surface area contributed by atoms with Gasteiger partial charge in [0, 0.05) is 31.3 Å². The first kappa shape index (κ1) is 22.3. The zero-order valence-electron chi connectivity index (χ0n) is 13.7. The molecule has 2 atom stereocenters. The SMILES string of the molecule is C=CC(=O)OCC(O)COCCCCOCC(O)CC(=C)C(=O)O. The van der Waals surface area contributed by atoms with Crippen molar-refractivity contribution >= 4 is 11.9 Å². The summed E-state index contributed by atoms with van der Waals surface area (Å²) in [5, 5.41) is 27.6. The van der Waals surface area contributed by atoms with Crippen molar-refractivity contribution in [2.45, 2.75) is 31.5 Å². The lowest BCUT2D eigenvalue weighted by Gasteiger charge is -2.12. The van der Waals surface area contributed by atoms with Crippen LogP contribution in [-0.2, 0) is 23.8 Å². The van der Waals surface area contributed by atoms with Crippen molar-refractivity contribution < 1.29 is 39.1 Å². The Morgan fingerprint density at radius 3 is 2.04 bits per heavy atom. The molecule has 0 aliphatic rings. The lowest BCUT2D eigenvalue weighted by Crippen LogP contribution is -2.23. The zero-order valence-corrected chi connectivity index (χ0v) is 13.7. The molecule has 0 aromatic heterocycles. The Kier molecular flexibility index (Phi) is 12.7. The van der Waals surface area contributed by atoms with Gasteiger partial charge in [0.15, 0.2) is 0 Å². The second-order valence-electron chi connectivity index (χ2n) is 5.11. The molecule has 0 spiro atoms. The minimum absolute atomic E-state index is 0.0350. The predicted molar refractivity (Wildman–Crippen MR) is 85.4 cm³/mol. The molecule has 0 aliphatic carbocycles. The Balaban J connectivity index is 3.44. The first-order valence-electron chi connectivity index (χ1n) is 7.58. The van der Waals surface area contributed by atoms with Crippen LogP contribution in [-0.4, -0.2) is 72.5 Å². The fourth-order valence-corrected chi connectivity index (χ4v) is 1.56. The van der Waals surface area contributed by atoms with Crippen molar-refractivity contribution in [1.29, 1.82) is 0 Å². The van der Waals surface area contributed by atoms with Crippen molar-refractivity contribution in [3.63, 3.8) is 0 Å². The minimum Gasteiger partial charge on any atom is -0.478 e. The number of ether oxygens (including phenoxy) is 3. The van der Waals surface area contributed by atoms with Gasteiger partial charge in [-0.05, 0) is 12.8 Å². The summed E-state index contributed by atoms with van der Waals surface area (Å²) in [7, 11) is 0. The van der Waals surface area contributed by atoms with Crippen molar-refractivity contribution in [3.8, 4) is 0 Å². The molecule has 24 heavy (non-hydrogen) atoms. The Morgan fingerprint density at radius 2 is 1.54 bits per heavy atom. The molecule has 8 nitrogen and oxygen atoms in total. The maximum Gasteiger partial charge on any atom is 0.331 e. The standard InChI is InChI=1S/C16H26O8/c1-3-15(19)24-11-14(18)10-23-7-5-4-6-22-9-13(17)8-12(2)16(20)21/h3,13-14,17-18H,1-2,4-11H2,(H,20,21). The van der Waals surface area contributed by atoms with Crippen LogP contribution in [0.4, 0.5) is 0 Å². The molecule has 8 heteroatoms. The van der Waals surface area contributed by atoms with Crippen molar-refractivity contribution in [3.05, 3.63) is 24.8 Å². The van der Waals surface area contributed by atoms with Gasteiger partial charge in [-0.2, -0.15) is 0 Å². The first-order valence-corrected chi connectivity index (χ1v) is 7.58. The molecule has 0 saturated carbocycles. The van der Waals surface area contributed by atoms with Gasteiger partial charge in [0.25, 0.3) is 0 Å². The molecule has 0 saturated heterocycles. The molecule has 0 fully saturated rings. The zero-order chi connectivity index (χ0) is 18.4. The number of rotatable bonds is 15. The summed E-state index contributed by atoms with van der Waals surface area (Å²) >= 11 is 0. The fourth-order valence-electron chi connectivity index (χ4n) is 1.56. The molecule has 0 aromatic rings. The third-order valence-corrected chi connectivity index (χ3v) is 2.82. The van der Waals surface area contributed by atoms with Gasteiger partial charge in [0.1, 0.15) is 12.7 Å². The topological polar surface area (TPSA) is 123 Å². The van der Waals surface area contributed by atoms with Gasteiger partial charge >= 0.3 is 11.9 Å². The summed E-state index contributed by atoms with van der Waals surface area (Å²) in [6.45, 7) is 7.33. The third-order valence-electron chi connectivity index (χ3n) is 2.82. The van der Waals surface area contributed by atoms with E-state index in [1.807, 2.05) is 0 Å². The highest BCUT2D eigenvalue weighted by Crippen LogP contribution is 2.04. The molecule has 138 valence electrons. The number of carboxylic acids is 1. The molecule has 0 aromatic carbocycles. The van der Waals surface area contributed by atoms with E-state index in [0.717, 1.165) is 6.08 Å². The summed E-state index contributed by atoms with van der Waals surface area (Å²) in [6.07, 6.45) is 0.584. The molecular weight excluding hydrogens is 320 g/mol. The van der Waals surface area contributed by atoms with Gasteiger partial charge in [-0.1, -0.05) is 13.2 Å². The van der Waals surface area contributed by atoms with E-state index in [1.165, 1.54) is 0 Å². The number of carbonyl (C=O) groups excluding carboxylic acids is 1. The number of carbonyl (C=O) groups is 2. The van der Waals surface area contributed by atoms with E-state index in [-0.39, 0.29) is 31.8 Å². The fraction of sp³-hybridized carbons (Fsp3) is 0.625. The first-order chi connectivity index (χ1) is 11.4. The number of esters is 1. The maximum absolute atomic E-state index is 10.8. The van der Waals surface area contributed by atoms with E-state index in [1.54, 1.807) is 0 Å². The minimum atomic E-state index is -1.13. The number of unbranched alkanes of at least 4 members (excludes halogenated alkanes) is 1. The summed E-state index contributed by atoms with van der Waals surface area (Å²) in [5.41, 5.74) is -0.0585. The summed E-state index contributed by atoms with van der Waals surface area (Å²) in [6, 6.07) is 0. The van der Waals surface area contributed by atoms with E-state index in [9.17, 15) is 19.8 Å². The Labute approximate surface area is 141 Å². The van der Waals surface area contributed by atoms with Crippen LogP contribution in [0.25, 0.3) is 0 Å². The van der Waals surface area contributed by atoms with Crippen LogP contribution in [0.2, 0.25) is 0 Å². The summed E-state index contributed by atoms with van der Waals surface area (Å²) < 4.78 is 15.1. The Hall–Kier alpha value is -1.74. The molecule has 0 heterocycles. The van der Waals surface area contributed by atoms with Crippen LogP contribution < -0.4 is 0 Å². The second-order valence-corrected chi connectivity index (χ2v) is 5.11. The van der Waals surface area contributed by atoms with E-state index in [2.05, 4.69) is 17.9 Å². The number of aliphatic carboxylic acids is 1. The lowest BCUT2D eigenvalue weighted by atomic mass is 10.1. The van der Waals surface area contributed by atoms with E-state index >= 15 is 0 Å². The highest BCUT2D eigenvalue weighted by atomic mass is 16.5. The Bertz CT molecular complexity index is 407. The van der Waals surface area contributed by atoms with Gasteiger partial charge in [0.2, 0.25) is 0 Å². The molecule has 0 aliphatic heterocycles. The molecule has 2 unspecified atom stereocenters. The highest BCUT2D eigenvalue weighted by molar-refractivity contribution is 5.85. The smallest absolute Gasteiger partial charge is 0.331 e. The van der Waals surface area contributed by atoms with Crippen LogP contribution in [0.15, 0.2) is 24.8 Å². The van der Waals surface area contributed by atoms with Gasteiger partial charge in [-0.15, -0.1) is 0 Å². The Morgan fingerprint density at radius 1 is 1.00 bits per heavy atom. The number of hydrogen-bond acceptors (Lipinski definition) is 7. The average Bonchev–Trinajstić information content (AvgIpc) is 2.54. The lowest BCUT2D eigenvalue weighted by molar-refractivity contribution is -0.141. The van der Waals surface area contributed by atoms with E-state index in [0.29, 0.717) is 26.1 Å². The van der Waals surface area contributed by atoms with E-state index < -0.39 is 24.1 Å². The molecule has 0 radical (unpaired) electrons. The van der Waals surface area contributed by atoms with Crippen molar-refractivity contribution in [2.24, 2.45) is 0 Å². The van der Waals surface area contributed by atoms with Crippen molar-refractivity contribution in [2.75, 3.05) is 33.0 Å². The summed E-state index contributed by atoms with van der Waals surface area (Å²) in [5.74, 6) is -1.73. The van der Waals surface area contributed by atoms with Gasteiger partial charge < -0.3 is 29.5 Å². The average molecular weight is 346 g/mol. The van der Waals surface area contributed by atoms with Gasteiger partial charge in [-0.3, -0.25) is 0 Å². The predicted octanol–water partition coefficient (Wildman–Crippen LogP) is 0.282. The van der Waals surface area contributed by atoms with Crippen LogP contribution in [0.5, 0.6) is 0 Å².